The molecule has 3 rings (SSSR count). The van der Waals surface area contributed by atoms with Gasteiger partial charge in [0.15, 0.2) is 0 Å². The maximum atomic E-state index is 5.87. The van der Waals surface area contributed by atoms with Gasteiger partial charge in [-0.1, -0.05) is 6.07 Å². The number of halogens is 1. The first-order chi connectivity index (χ1) is 6.90. The molecule has 2 aromatic heterocycles. The van der Waals surface area contributed by atoms with Crippen molar-refractivity contribution < 1.29 is 0 Å². The summed E-state index contributed by atoms with van der Waals surface area (Å²) in [6.07, 6.45) is 4.62. The largest absolute Gasteiger partial charge is 0.303 e. The van der Waals surface area contributed by atoms with Crippen LogP contribution in [-0.2, 0) is 5.88 Å². The molecule has 3 heteroatoms. The number of pyridine rings is 1. The second-order valence-corrected chi connectivity index (χ2v) is 4.05. The number of hydrogen-bond acceptors (Lipinski definition) is 1. The summed E-state index contributed by atoms with van der Waals surface area (Å²) in [4.78, 5) is 4.60. The van der Waals surface area contributed by atoms with Gasteiger partial charge in [0, 0.05) is 12.1 Å². The van der Waals surface area contributed by atoms with Crippen LogP contribution in [0.3, 0.4) is 0 Å². The highest BCUT2D eigenvalue weighted by atomic mass is 35.5. The Hall–Kier alpha value is -1.02. The number of hydrogen-bond donors (Lipinski definition) is 0. The van der Waals surface area contributed by atoms with Crippen LogP contribution in [0.5, 0.6) is 0 Å². The predicted molar refractivity (Wildman–Crippen MR) is 56.7 cm³/mol. The van der Waals surface area contributed by atoms with E-state index in [1.54, 1.807) is 0 Å². The minimum atomic E-state index is 0.500. The summed E-state index contributed by atoms with van der Waals surface area (Å²) in [5.41, 5.74) is 2.17. The molecule has 0 spiro atoms. The Kier molecular flexibility index (Phi) is 1.77. The lowest BCUT2D eigenvalue weighted by molar-refractivity contribution is 0.915. The van der Waals surface area contributed by atoms with E-state index in [-0.39, 0.29) is 0 Å². The third-order valence-electron chi connectivity index (χ3n) is 2.72. The number of rotatable bonds is 2. The maximum absolute atomic E-state index is 5.87. The monoisotopic (exact) mass is 206 g/mol. The van der Waals surface area contributed by atoms with E-state index in [9.17, 15) is 0 Å². The van der Waals surface area contributed by atoms with Gasteiger partial charge in [0.05, 0.1) is 17.1 Å². The topological polar surface area (TPSA) is 17.3 Å². The van der Waals surface area contributed by atoms with E-state index >= 15 is 0 Å². The Labute approximate surface area is 87.5 Å². The molecule has 0 atom stereocenters. The van der Waals surface area contributed by atoms with Crippen molar-refractivity contribution in [1.29, 1.82) is 0 Å². The Morgan fingerprint density at radius 2 is 2.29 bits per heavy atom. The second kappa shape index (κ2) is 2.99. The van der Waals surface area contributed by atoms with Gasteiger partial charge in [0.2, 0.25) is 0 Å². The first-order valence-electron chi connectivity index (χ1n) is 4.92. The van der Waals surface area contributed by atoms with E-state index in [1.165, 1.54) is 18.7 Å². The zero-order valence-electron chi connectivity index (χ0n) is 7.78. The molecular formula is C11H11ClN2. The Balaban J connectivity index is 2.28. The number of fused-ring (bicyclic) bond motifs is 1. The van der Waals surface area contributed by atoms with Crippen molar-refractivity contribution in [3.8, 4) is 0 Å². The molecule has 0 unspecified atom stereocenters. The quantitative estimate of drug-likeness (QED) is 0.691. The molecular weight excluding hydrogens is 196 g/mol. The second-order valence-electron chi connectivity index (χ2n) is 3.78. The lowest BCUT2D eigenvalue weighted by Crippen LogP contribution is -1.90. The van der Waals surface area contributed by atoms with Crippen LogP contribution < -0.4 is 0 Å². The minimum Gasteiger partial charge on any atom is -0.303 e. The molecule has 2 heterocycles. The van der Waals surface area contributed by atoms with Crippen molar-refractivity contribution in [2.45, 2.75) is 24.6 Å². The normalized spacial score (nSPS) is 16.4. The van der Waals surface area contributed by atoms with Crippen LogP contribution in [0.1, 0.15) is 30.3 Å². The SMILES string of the molecule is ClCc1nc(C2CC2)n2ccccc12. The van der Waals surface area contributed by atoms with Crippen molar-refractivity contribution in [3.63, 3.8) is 0 Å². The lowest BCUT2D eigenvalue weighted by Gasteiger charge is -1.96. The molecule has 0 amide bonds. The molecule has 1 fully saturated rings. The van der Waals surface area contributed by atoms with E-state index in [0.29, 0.717) is 11.8 Å². The van der Waals surface area contributed by atoms with E-state index in [1.807, 2.05) is 12.1 Å². The third kappa shape index (κ3) is 1.14. The van der Waals surface area contributed by atoms with Crippen LogP contribution in [0, 0.1) is 0 Å². The molecule has 1 saturated carbocycles. The summed E-state index contributed by atoms with van der Waals surface area (Å²) >= 11 is 5.87. The van der Waals surface area contributed by atoms with Crippen molar-refractivity contribution in [2.24, 2.45) is 0 Å². The smallest absolute Gasteiger partial charge is 0.116 e. The molecule has 1 aliphatic rings. The Morgan fingerprint density at radius 1 is 1.43 bits per heavy atom. The fourth-order valence-corrected chi connectivity index (χ4v) is 2.05. The average molecular weight is 207 g/mol. The number of nitrogens with zero attached hydrogens (tertiary/aromatic N) is 2. The molecule has 2 nitrogen and oxygen atoms in total. The lowest BCUT2D eigenvalue weighted by atomic mass is 10.3. The van der Waals surface area contributed by atoms with E-state index in [4.69, 9.17) is 11.6 Å². The van der Waals surface area contributed by atoms with E-state index in [2.05, 4.69) is 21.6 Å². The molecule has 0 N–H and O–H groups in total. The van der Waals surface area contributed by atoms with Gasteiger partial charge in [-0.05, 0) is 25.0 Å². The highest BCUT2D eigenvalue weighted by Gasteiger charge is 2.28. The average Bonchev–Trinajstić information content (AvgIpc) is 3.00. The zero-order valence-corrected chi connectivity index (χ0v) is 8.54. The van der Waals surface area contributed by atoms with E-state index in [0.717, 1.165) is 11.2 Å². The van der Waals surface area contributed by atoms with Crippen LogP contribution in [0.25, 0.3) is 5.52 Å². The number of alkyl halides is 1. The standard InChI is InChI=1S/C11H11ClN2/c12-7-9-10-3-1-2-6-14(10)11(13-9)8-4-5-8/h1-3,6,8H,4-5,7H2. The number of imidazole rings is 1. The summed E-state index contributed by atoms with van der Waals surface area (Å²) in [5.74, 6) is 2.36. The van der Waals surface area contributed by atoms with Crippen molar-refractivity contribution >= 4 is 17.1 Å². The first kappa shape index (κ1) is 8.30. The summed E-state index contributed by atoms with van der Waals surface area (Å²) in [6, 6.07) is 6.15. The third-order valence-corrected chi connectivity index (χ3v) is 2.97. The van der Waals surface area contributed by atoms with Gasteiger partial charge in [-0.3, -0.25) is 0 Å². The molecule has 72 valence electrons. The van der Waals surface area contributed by atoms with Crippen LogP contribution >= 0.6 is 11.6 Å². The van der Waals surface area contributed by atoms with Crippen molar-refractivity contribution in [2.75, 3.05) is 0 Å². The molecule has 0 aliphatic heterocycles. The van der Waals surface area contributed by atoms with E-state index < -0.39 is 0 Å². The summed E-state index contributed by atoms with van der Waals surface area (Å²) in [7, 11) is 0. The molecule has 0 saturated heterocycles. The van der Waals surface area contributed by atoms with Crippen molar-refractivity contribution in [3.05, 3.63) is 35.9 Å². The van der Waals surface area contributed by atoms with Crippen LogP contribution in [0.2, 0.25) is 0 Å². The number of aromatic nitrogens is 2. The molecule has 1 aliphatic carbocycles. The van der Waals surface area contributed by atoms with Gasteiger partial charge in [-0.2, -0.15) is 0 Å². The molecule has 0 bridgehead atoms. The fraction of sp³-hybridized carbons (Fsp3) is 0.364. The summed E-state index contributed by atoms with van der Waals surface area (Å²) in [5, 5.41) is 0. The fourth-order valence-electron chi connectivity index (χ4n) is 1.86. The highest BCUT2D eigenvalue weighted by molar-refractivity contribution is 6.17. The van der Waals surface area contributed by atoms with Gasteiger partial charge in [0.25, 0.3) is 0 Å². The molecule has 0 aromatic carbocycles. The van der Waals surface area contributed by atoms with Crippen LogP contribution in [-0.4, -0.2) is 9.38 Å². The van der Waals surface area contributed by atoms with Crippen LogP contribution in [0.4, 0.5) is 0 Å². The summed E-state index contributed by atoms with van der Waals surface area (Å²) in [6.45, 7) is 0. The molecule has 2 aromatic rings. The zero-order chi connectivity index (χ0) is 9.54. The van der Waals surface area contributed by atoms with Crippen molar-refractivity contribution in [1.82, 2.24) is 9.38 Å². The van der Waals surface area contributed by atoms with Gasteiger partial charge < -0.3 is 4.40 Å². The maximum Gasteiger partial charge on any atom is 0.116 e. The molecule has 0 radical (unpaired) electrons. The Bertz CT molecular complexity index is 471. The van der Waals surface area contributed by atoms with Gasteiger partial charge >= 0.3 is 0 Å². The first-order valence-corrected chi connectivity index (χ1v) is 5.45. The van der Waals surface area contributed by atoms with Gasteiger partial charge in [-0.15, -0.1) is 11.6 Å². The van der Waals surface area contributed by atoms with Gasteiger partial charge in [-0.25, -0.2) is 4.98 Å². The predicted octanol–water partition coefficient (Wildman–Crippen LogP) is 2.95. The highest BCUT2D eigenvalue weighted by Crippen LogP contribution is 2.40. The van der Waals surface area contributed by atoms with Crippen LogP contribution in [0.15, 0.2) is 24.4 Å². The summed E-state index contributed by atoms with van der Waals surface area (Å²) < 4.78 is 2.18. The Morgan fingerprint density at radius 3 is 3.00 bits per heavy atom. The minimum absolute atomic E-state index is 0.500. The molecule has 14 heavy (non-hydrogen) atoms. The van der Waals surface area contributed by atoms with Gasteiger partial charge in [0.1, 0.15) is 5.82 Å².